The standard InChI is InChI=1S/C17H15ClFN5O/c1-11(14-7-2-3-8-15(14)18)20-16(25)10-24-22-17(21-23-24)12-5-4-6-13(19)9-12/h2-9,11H,10H2,1H3,(H,20,25). The molecule has 1 heterocycles. The van der Waals surface area contributed by atoms with Crippen LogP contribution in [0.5, 0.6) is 0 Å². The van der Waals surface area contributed by atoms with Crippen molar-refractivity contribution in [2.24, 2.45) is 0 Å². The lowest BCUT2D eigenvalue weighted by Crippen LogP contribution is -2.31. The van der Waals surface area contributed by atoms with Crippen molar-refractivity contribution < 1.29 is 9.18 Å². The van der Waals surface area contributed by atoms with Gasteiger partial charge in [-0.3, -0.25) is 4.79 Å². The molecule has 1 unspecified atom stereocenters. The summed E-state index contributed by atoms with van der Waals surface area (Å²) in [5.74, 6) is -0.415. The van der Waals surface area contributed by atoms with Gasteiger partial charge in [0.05, 0.1) is 6.04 Å². The van der Waals surface area contributed by atoms with E-state index in [0.29, 0.717) is 10.6 Å². The monoisotopic (exact) mass is 359 g/mol. The Morgan fingerprint density at radius 2 is 2.08 bits per heavy atom. The predicted octanol–water partition coefficient (Wildman–Crippen LogP) is 3.01. The van der Waals surface area contributed by atoms with Crippen molar-refractivity contribution in [3.05, 3.63) is 64.9 Å². The van der Waals surface area contributed by atoms with Gasteiger partial charge in [-0.05, 0) is 35.9 Å². The van der Waals surface area contributed by atoms with Gasteiger partial charge in [0.25, 0.3) is 0 Å². The first-order chi connectivity index (χ1) is 12.0. The van der Waals surface area contributed by atoms with Crippen LogP contribution >= 0.6 is 11.6 Å². The van der Waals surface area contributed by atoms with Crippen LogP contribution in [0.4, 0.5) is 4.39 Å². The zero-order valence-electron chi connectivity index (χ0n) is 13.4. The molecule has 3 rings (SSSR count). The lowest BCUT2D eigenvalue weighted by molar-refractivity contribution is -0.122. The number of hydrogen-bond acceptors (Lipinski definition) is 4. The highest BCUT2D eigenvalue weighted by Crippen LogP contribution is 2.22. The van der Waals surface area contributed by atoms with E-state index in [1.807, 2.05) is 25.1 Å². The van der Waals surface area contributed by atoms with E-state index in [1.165, 1.54) is 12.1 Å². The predicted molar refractivity (Wildman–Crippen MR) is 91.2 cm³/mol. The normalized spacial score (nSPS) is 12.0. The van der Waals surface area contributed by atoms with Crippen molar-refractivity contribution >= 4 is 17.5 Å². The number of carbonyl (C=O) groups is 1. The Hall–Kier alpha value is -2.80. The minimum absolute atomic E-state index is 0.100. The Bertz CT molecular complexity index is 898. The molecule has 0 radical (unpaired) electrons. The van der Waals surface area contributed by atoms with Crippen molar-refractivity contribution in [3.63, 3.8) is 0 Å². The van der Waals surface area contributed by atoms with Gasteiger partial charge in [0.1, 0.15) is 12.4 Å². The summed E-state index contributed by atoms with van der Waals surface area (Å²) in [7, 11) is 0. The Labute approximate surface area is 148 Å². The molecule has 0 fully saturated rings. The number of benzene rings is 2. The molecule has 3 aromatic rings. The van der Waals surface area contributed by atoms with Crippen LogP contribution < -0.4 is 5.32 Å². The van der Waals surface area contributed by atoms with Crippen LogP contribution in [-0.4, -0.2) is 26.1 Å². The molecule has 0 saturated carbocycles. The SMILES string of the molecule is CC(NC(=O)Cn1nnc(-c2cccc(F)c2)n1)c1ccccc1Cl. The first-order valence-electron chi connectivity index (χ1n) is 7.60. The lowest BCUT2D eigenvalue weighted by atomic mass is 10.1. The molecule has 0 aliphatic rings. The van der Waals surface area contributed by atoms with E-state index in [2.05, 4.69) is 20.7 Å². The second-order valence-electron chi connectivity index (χ2n) is 5.46. The molecule has 1 atom stereocenters. The third kappa shape index (κ3) is 4.19. The summed E-state index contributed by atoms with van der Waals surface area (Å²) in [6.45, 7) is 1.74. The molecule has 0 spiro atoms. The molecule has 0 saturated heterocycles. The second kappa shape index (κ2) is 7.40. The highest BCUT2D eigenvalue weighted by molar-refractivity contribution is 6.31. The molecular weight excluding hydrogens is 345 g/mol. The van der Waals surface area contributed by atoms with Crippen LogP contribution in [-0.2, 0) is 11.3 Å². The van der Waals surface area contributed by atoms with E-state index in [4.69, 9.17) is 11.6 Å². The van der Waals surface area contributed by atoms with Gasteiger partial charge in [0.15, 0.2) is 0 Å². The van der Waals surface area contributed by atoms with E-state index in [9.17, 15) is 9.18 Å². The number of tetrazole rings is 1. The first-order valence-corrected chi connectivity index (χ1v) is 7.98. The highest BCUT2D eigenvalue weighted by Gasteiger charge is 2.14. The maximum absolute atomic E-state index is 13.2. The Morgan fingerprint density at radius 1 is 1.28 bits per heavy atom. The summed E-state index contributed by atoms with van der Waals surface area (Å²) in [6.07, 6.45) is 0. The van der Waals surface area contributed by atoms with Crippen LogP contribution in [0.2, 0.25) is 5.02 Å². The average molecular weight is 360 g/mol. The van der Waals surface area contributed by atoms with Crippen LogP contribution in [0.15, 0.2) is 48.5 Å². The number of aromatic nitrogens is 4. The molecule has 1 N–H and O–H groups in total. The van der Waals surface area contributed by atoms with Crippen molar-refractivity contribution in [1.82, 2.24) is 25.5 Å². The van der Waals surface area contributed by atoms with E-state index >= 15 is 0 Å². The Morgan fingerprint density at radius 3 is 2.84 bits per heavy atom. The van der Waals surface area contributed by atoms with E-state index in [1.54, 1.807) is 18.2 Å². The fraction of sp³-hybridized carbons (Fsp3) is 0.176. The van der Waals surface area contributed by atoms with E-state index in [0.717, 1.165) is 10.4 Å². The smallest absolute Gasteiger partial charge is 0.244 e. The second-order valence-corrected chi connectivity index (χ2v) is 5.87. The summed E-state index contributed by atoms with van der Waals surface area (Å²) >= 11 is 6.12. The molecule has 8 heteroatoms. The topological polar surface area (TPSA) is 72.7 Å². The zero-order valence-corrected chi connectivity index (χ0v) is 14.1. The maximum atomic E-state index is 13.2. The van der Waals surface area contributed by atoms with Crippen molar-refractivity contribution in [2.45, 2.75) is 19.5 Å². The minimum Gasteiger partial charge on any atom is -0.348 e. The first kappa shape index (κ1) is 17.0. The van der Waals surface area contributed by atoms with Crippen LogP contribution in [0.1, 0.15) is 18.5 Å². The molecule has 25 heavy (non-hydrogen) atoms. The van der Waals surface area contributed by atoms with Gasteiger partial charge < -0.3 is 5.32 Å². The largest absolute Gasteiger partial charge is 0.348 e. The molecule has 0 aliphatic carbocycles. The van der Waals surface area contributed by atoms with Gasteiger partial charge >= 0.3 is 0 Å². The summed E-state index contributed by atoms with van der Waals surface area (Å²) in [5.41, 5.74) is 1.32. The molecule has 6 nitrogen and oxygen atoms in total. The van der Waals surface area contributed by atoms with Crippen molar-refractivity contribution in [1.29, 1.82) is 0 Å². The zero-order chi connectivity index (χ0) is 17.8. The van der Waals surface area contributed by atoms with Crippen LogP contribution in [0, 0.1) is 5.82 Å². The average Bonchev–Trinajstić information content (AvgIpc) is 3.03. The van der Waals surface area contributed by atoms with Crippen molar-refractivity contribution in [3.8, 4) is 11.4 Å². The van der Waals surface area contributed by atoms with E-state index < -0.39 is 0 Å². The number of halogens is 2. The van der Waals surface area contributed by atoms with Crippen LogP contribution in [0.25, 0.3) is 11.4 Å². The molecule has 128 valence electrons. The molecule has 2 aromatic carbocycles. The van der Waals surface area contributed by atoms with Crippen LogP contribution in [0.3, 0.4) is 0 Å². The number of rotatable bonds is 5. The summed E-state index contributed by atoms with van der Waals surface area (Å²) in [4.78, 5) is 13.3. The Kier molecular flexibility index (Phi) is 5.04. The van der Waals surface area contributed by atoms with Crippen molar-refractivity contribution in [2.75, 3.05) is 0 Å². The molecule has 1 aromatic heterocycles. The van der Waals surface area contributed by atoms with Gasteiger partial charge in [0, 0.05) is 10.6 Å². The maximum Gasteiger partial charge on any atom is 0.244 e. The quantitative estimate of drug-likeness (QED) is 0.760. The fourth-order valence-electron chi connectivity index (χ4n) is 2.37. The third-order valence-corrected chi connectivity index (χ3v) is 3.91. The summed E-state index contributed by atoms with van der Waals surface area (Å²) < 4.78 is 13.2. The van der Waals surface area contributed by atoms with Gasteiger partial charge in [-0.2, -0.15) is 4.80 Å². The Balaban J connectivity index is 1.65. The van der Waals surface area contributed by atoms with Gasteiger partial charge in [-0.25, -0.2) is 4.39 Å². The number of hydrogen-bond donors (Lipinski definition) is 1. The van der Waals surface area contributed by atoms with Gasteiger partial charge in [0.2, 0.25) is 11.7 Å². The number of nitrogens with zero attached hydrogens (tertiary/aromatic N) is 4. The minimum atomic E-state index is -0.389. The summed E-state index contributed by atoms with van der Waals surface area (Å²) in [5, 5.41) is 15.2. The number of nitrogens with one attached hydrogen (secondary N) is 1. The van der Waals surface area contributed by atoms with E-state index in [-0.39, 0.29) is 30.1 Å². The van der Waals surface area contributed by atoms with Gasteiger partial charge in [-0.1, -0.05) is 41.9 Å². The lowest BCUT2D eigenvalue weighted by Gasteiger charge is -2.15. The molecule has 1 amide bonds. The van der Waals surface area contributed by atoms with Gasteiger partial charge in [-0.15, -0.1) is 10.2 Å². The molecule has 0 bridgehead atoms. The highest BCUT2D eigenvalue weighted by atomic mass is 35.5. The number of amides is 1. The molecule has 0 aliphatic heterocycles. The number of carbonyl (C=O) groups excluding carboxylic acids is 1. The fourth-order valence-corrected chi connectivity index (χ4v) is 2.67. The third-order valence-electron chi connectivity index (χ3n) is 3.57. The molecular formula is C17H15ClFN5O. The summed E-state index contributed by atoms with van der Waals surface area (Å²) in [6, 6.07) is 12.9.